The van der Waals surface area contributed by atoms with Crippen molar-refractivity contribution in [2.75, 3.05) is 21.3 Å². The second kappa shape index (κ2) is 7.04. The summed E-state index contributed by atoms with van der Waals surface area (Å²) in [6.45, 7) is 3.38. The summed E-state index contributed by atoms with van der Waals surface area (Å²) >= 11 is 0. The molecule has 0 spiro atoms. The number of benzene rings is 1. The maximum atomic E-state index is 5.40. The highest BCUT2D eigenvalue weighted by Crippen LogP contribution is 2.38. The fourth-order valence-corrected chi connectivity index (χ4v) is 2.14. The van der Waals surface area contributed by atoms with Crippen molar-refractivity contribution in [3.05, 3.63) is 41.3 Å². The fourth-order valence-electron chi connectivity index (χ4n) is 2.14. The molecule has 0 aliphatic heterocycles. The zero-order chi connectivity index (χ0) is 15.2. The lowest BCUT2D eigenvalue weighted by molar-refractivity contribution is 0.323. The summed E-state index contributed by atoms with van der Waals surface area (Å²) in [7, 11) is 4.82. The smallest absolute Gasteiger partial charge is 0.203 e. The van der Waals surface area contributed by atoms with Crippen LogP contribution >= 0.6 is 0 Å². The molecule has 0 aliphatic rings. The van der Waals surface area contributed by atoms with Crippen LogP contribution in [-0.4, -0.2) is 21.3 Å². The Labute approximate surface area is 124 Å². The quantitative estimate of drug-likeness (QED) is 0.850. The molecule has 0 radical (unpaired) electrons. The van der Waals surface area contributed by atoms with E-state index in [-0.39, 0.29) is 0 Å². The third-order valence-corrected chi connectivity index (χ3v) is 3.31. The van der Waals surface area contributed by atoms with Gasteiger partial charge in [-0.3, -0.25) is 0 Å². The summed E-state index contributed by atoms with van der Waals surface area (Å²) in [5.41, 5.74) is 2.20. The third-order valence-electron chi connectivity index (χ3n) is 3.31. The van der Waals surface area contributed by atoms with Gasteiger partial charge in [-0.1, -0.05) is 0 Å². The highest BCUT2D eigenvalue weighted by molar-refractivity contribution is 5.53. The van der Waals surface area contributed by atoms with Crippen LogP contribution in [0.15, 0.2) is 28.9 Å². The Morgan fingerprint density at radius 1 is 1.00 bits per heavy atom. The number of methoxy groups -OCH3 is 3. The van der Waals surface area contributed by atoms with Crippen LogP contribution < -0.4 is 19.5 Å². The molecule has 1 aromatic carbocycles. The minimum atomic E-state index is 0.602. The molecule has 0 unspecified atom stereocenters. The lowest BCUT2D eigenvalue weighted by atomic mass is 10.1. The van der Waals surface area contributed by atoms with Crippen molar-refractivity contribution in [3.8, 4) is 17.2 Å². The first kappa shape index (κ1) is 15.3. The van der Waals surface area contributed by atoms with Gasteiger partial charge in [-0.2, -0.15) is 0 Å². The summed E-state index contributed by atoms with van der Waals surface area (Å²) in [6, 6.07) is 5.82. The van der Waals surface area contributed by atoms with Gasteiger partial charge in [0.05, 0.1) is 34.1 Å². The van der Waals surface area contributed by atoms with Crippen LogP contribution in [0.25, 0.3) is 0 Å². The molecule has 0 atom stereocenters. The van der Waals surface area contributed by atoms with E-state index in [4.69, 9.17) is 18.6 Å². The summed E-state index contributed by atoms with van der Waals surface area (Å²) in [5, 5.41) is 3.34. The molecule has 0 saturated heterocycles. The van der Waals surface area contributed by atoms with Crippen LogP contribution in [0, 0.1) is 6.92 Å². The first-order chi connectivity index (χ1) is 10.2. The monoisotopic (exact) mass is 291 g/mol. The summed E-state index contributed by atoms with van der Waals surface area (Å²) in [4.78, 5) is 0. The Kier molecular flexibility index (Phi) is 5.11. The average Bonchev–Trinajstić information content (AvgIpc) is 2.91. The molecular formula is C16H21NO4. The Balaban J connectivity index is 2.08. The highest BCUT2D eigenvalue weighted by atomic mass is 16.5. The van der Waals surface area contributed by atoms with Crippen molar-refractivity contribution in [2.45, 2.75) is 20.0 Å². The lowest BCUT2D eigenvalue weighted by Gasteiger charge is -2.14. The van der Waals surface area contributed by atoms with E-state index >= 15 is 0 Å². The summed E-state index contributed by atoms with van der Waals surface area (Å²) in [6.07, 6.45) is 1.70. The standard InChI is InChI=1S/C16H21NO4/c1-11-5-6-21-15(11)10-17-9-12-7-13(18-2)16(20-4)14(8-12)19-3/h5-8,17H,9-10H2,1-4H3. The molecule has 21 heavy (non-hydrogen) atoms. The molecule has 1 heterocycles. The van der Waals surface area contributed by atoms with Gasteiger partial charge in [-0.05, 0) is 36.2 Å². The van der Waals surface area contributed by atoms with E-state index in [0.717, 1.165) is 16.9 Å². The highest BCUT2D eigenvalue weighted by Gasteiger charge is 2.13. The topological polar surface area (TPSA) is 52.9 Å². The molecule has 2 aromatic rings. The van der Waals surface area contributed by atoms with Crippen LogP contribution in [0.3, 0.4) is 0 Å². The predicted octanol–water partition coefficient (Wildman–Crippen LogP) is 2.90. The van der Waals surface area contributed by atoms with Crippen molar-refractivity contribution >= 4 is 0 Å². The Bertz CT molecular complexity index is 567. The third kappa shape index (κ3) is 3.49. The van der Waals surface area contributed by atoms with E-state index in [1.165, 1.54) is 0 Å². The first-order valence-electron chi connectivity index (χ1n) is 6.72. The van der Waals surface area contributed by atoms with E-state index in [1.807, 2.05) is 25.1 Å². The van der Waals surface area contributed by atoms with E-state index in [0.29, 0.717) is 30.3 Å². The Morgan fingerprint density at radius 3 is 2.14 bits per heavy atom. The molecule has 114 valence electrons. The first-order valence-corrected chi connectivity index (χ1v) is 6.72. The molecular weight excluding hydrogens is 270 g/mol. The Morgan fingerprint density at radius 2 is 1.67 bits per heavy atom. The van der Waals surface area contributed by atoms with Gasteiger partial charge < -0.3 is 23.9 Å². The van der Waals surface area contributed by atoms with Gasteiger partial charge in [-0.25, -0.2) is 0 Å². The fraction of sp³-hybridized carbons (Fsp3) is 0.375. The maximum absolute atomic E-state index is 5.40. The van der Waals surface area contributed by atoms with Crippen LogP contribution in [0.4, 0.5) is 0 Å². The van der Waals surface area contributed by atoms with E-state index in [1.54, 1.807) is 27.6 Å². The molecule has 0 saturated carbocycles. The molecule has 0 fully saturated rings. The number of hydrogen-bond acceptors (Lipinski definition) is 5. The van der Waals surface area contributed by atoms with Crippen molar-refractivity contribution in [3.63, 3.8) is 0 Å². The van der Waals surface area contributed by atoms with E-state index in [2.05, 4.69) is 5.32 Å². The minimum Gasteiger partial charge on any atom is -0.493 e. The Hall–Kier alpha value is -2.14. The van der Waals surface area contributed by atoms with Crippen molar-refractivity contribution in [1.29, 1.82) is 0 Å². The van der Waals surface area contributed by atoms with Crippen molar-refractivity contribution in [2.24, 2.45) is 0 Å². The number of ether oxygens (including phenoxy) is 3. The molecule has 0 bridgehead atoms. The molecule has 0 amide bonds. The molecule has 5 nitrogen and oxygen atoms in total. The van der Waals surface area contributed by atoms with Gasteiger partial charge in [-0.15, -0.1) is 0 Å². The van der Waals surface area contributed by atoms with Crippen LogP contribution in [0.1, 0.15) is 16.9 Å². The summed E-state index contributed by atoms with van der Waals surface area (Å²) in [5.74, 6) is 2.86. The van der Waals surface area contributed by atoms with Crippen molar-refractivity contribution in [1.82, 2.24) is 5.32 Å². The largest absolute Gasteiger partial charge is 0.493 e. The van der Waals surface area contributed by atoms with Crippen LogP contribution in [0.2, 0.25) is 0 Å². The van der Waals surface area contributed by atoms with Gasteiger partial charge in [0.15, 0.2) is 11.5 Å². The number of furan rings is 1. The van der Waals surface area contributed by atoms with Gasteiger partial charge >= 0.3 is 0 Å². The average molecular weight is 291 g/mol. The minimum absolute atomic E-state index is 0.602. The molecule has 5 heteroatoms. The molecule has 1 N–H and O–H groups in total. The predicted molar refractivity (Wildman–Crippen MR) is 80.1 cm³/mol. The second-order valence-electron chi connectivity index (χ2n) is 4.66. The number of rotatable bonds is 7. The number of aryl methyl sites for hydroxylation is 1. The number of hydrogen-bond donors (Lipinski definition) is 1. The van der Waals surface area contributed by atoms with Gasteiger partial charge in [0, 0.05) is 6.54 Å². The van der Waals surface area contributed by atoms with Crippen LogP contribution in [0.5, 0.6) is 17.2 Å². The zero-order valence-corrected chi connectivity index (χ0v) is 12.9. The molecule has 1 aromatic heterocycles. The van der Waals surface area contributed by atoms with Gasteiger partial charge in [0.2, 0.25) is 5.75 Å². The summed E-state index contributed by atoms with van der Waals surface area (Å²) < 4.78 is 21.4. The SMILES string of the molecule is COc1cc(CNCc2occc2C)cc(OC)c1OC. The molecule has 2 rings (SSSR count). The van der Waals surface area contributed by atoms with Gasteiger partial charge in [0.1, 0.15) is 5.76 Å². The van der Waals surface area contributed by atoms with E-state index in [9.17, 15) is 0 Å². The van der Waals surface area contributed by atoms with E-state index < -0.39 is 0 Å². The molecule has 0 aliphatic carbocycles. The zero-order valence-electron chi connectivity index (χ0n) is 12.9. The maximum Gasteiger partial charge on any atom is 0.203 e. The van der Waals surface area contributed by atoms with Crippen molar-refractivity contribution < 1.29 is 18.6 Å². The van der Waals surface area contributed by atoms with Gasteiger partial charge in [0.25, 0.3) is 0 Å². The number of nitrogens with one attached hydrogen (secondary N) is 1. The lowest BCUT2D eigenvalue weighted by Crippen LogP contribution is -2.13. The van der Waals surface area contributed by atoms with Crippen LogP contribution in [-0.2, 0) is 13.1 Å². The normalized spacial score (nSPS) is 10.5. The second-order valence-corrected chi connectivity index (χ2v) is 4.66.